The number of benzene rings is 1. The van der Waals surface area contributed by atoms with Gasteiger partial charge in [0.1, 0.15) is 10.9 Å². The zero-order chi connectivity index (χ0) is 18.1. The highest BCUT2D eigenvalue weighted by atomic mass is 32.1. The molecule has 0 spiro atoms. The van der Waals surface area contributed by atoms with Gasteiger partial charge in [-0.2, -0.15) is 0 Å². The minimum absolute atomic E-state index is 0.175. The Morgan fingerprint density at radius 3 is 2.36 bits per heavy atom. The van der Waals surface area contributed by atoms with Crippen molar-refractivity contribution in [2.45, 2.75) is 13.0 Å². The molecule has 0 aliphatic carbocycles. The molecule has 0 fully saturated rings. The van der Waals surface area contributed by atoms with Gasteiger partial charge in [0.05, 0.1) is 24.4 Å². The molecule has 1 N–H and O–H groups in total. The topological polar surface area (TPSA) is 106 Å². The molecule has 0 saturated carbocycles. The van der Waals surface area contributed by atoms with Crippen LogP contribution in [0, 0.1) is 0 Å². The maximum atomic E-state index is 12.4. The first kappa shape index (κ1) is 16.8. The van der Waals surface area contributed by atoms with Crippen molar-refractivity contribution in [3.8, 4) is 0 Å². The highest BCUT2D eigenvalue weighted by Gasteiger charge is 2.40. The Balaban J connectivity index is 1.75. The van der Waals surface area contributed by atoms with E-state index in [1.807, 2.05) is 0 Å². The number of aromatic nitrogens is 1. The quantitative estimate of drug-likeness (QED) is 0.656. The van der Waals surface area contributed by atoms with E-state index in [9.17, 15) is 19.2 Å². The second-order valence-corrected chi connectivity index (χ2v) is 6.24. The van der Waals surface area contributed by atoms with Gasteiger partial charge in [-0.25, -0.2) is 9.78 Å². The van der Waals surface area contributed by atoms with E-state index in [1.54, 1.807) is 24.3 Å². The minimum Gasteiger partial charge on any atom is -0.465 e. The lowest BCUT2D eigenvalue weighted by molar-refractivity contribution is -0.119. The van der Waals surface area contributed by atoms with Crippen LogP contribution in [0.1, 0.15) is 37.3 Å². The number of ether oxygens (including phenoxy) is 1. The smallest absolute Gasteiger partial charge is 0.349 e. The number of hydrogen-bond acceptors (Lipinski definition) is 7. The van der Waals surface area contributed by atoms with Crippen molar-refractivity contribution in [1.82, 2.24) is 9.88 Å². The first-order valence-corrected chi connectivity index (χ1v) is 8.07. The van der Waals surface area contributed by atoms with Gasteiger partial charge in [-0.1, -0.05) is 23.5 Å². The van der Waals surface area contributed by atoms with Crippen LogP contribution in [-0.4, -0.2) is 46.7 Å². The van der Waals surface area contributed by atoms with E-state index < -0.39 is 29.7 Å². The van der Waals surface area contributed by atoms with Gasteiger partial charge in [0.25, 0.3) is 11.8 Å². The average Bonchev–Trinajstić information content (AvgIpc) is 3.18. The number of nitrogens with zero attached hydrogens (tertiary/aromatic N) is 2. The molecule has 0 unspecified atom stereocenters. The summed E-state index contributed by atoms with van der Waals surface area (Å²) in [4.78, 5) is 53.6. The van der Waals surface area contributed by atoms with Gasteiger partial charge in [0.2, 0.25) is 5.91 Å². The van der Waals surface area contributed by atoms with Crippen molar-refractivity contribution in [1.29, 1.82) is 0 Å². The van der Waals surface area contributed by atoms with Gasteiger partial charge >= 0.3 is 5.97 Å². The molecule has 3 amide bonds. The third-order valence-electron chi connectivity index (χ3n) is 3.71. The number of esters is 1. The van der Waals surface area contributed by atoms with Crippen molar-refractivity contribution in [2.75, 3.05) is 12.4 Å². The zero-order valence-electron chi connectivity index (χ0n) is 13.3. The zero-order valence-corrected chi connectivity index (χ0v) is 14.1. The lowest BCUT2D eigenvalue weighted by Crippen LogP contribution is -2.45. The highest BCUT2D eigenvalue weighted by Crippen LogP contribution is 2.25. The van der Waals surface area contributed by atoms with Crippen LogP contribution in [0.4, 0.5) is 5.13 Å². The average molecular weight is 359 g/mol. The lowest BCUT2D eigenvalue weighted by atomic mass is 10.1. The van der Waals surface area contributed by atoms with Crippen molar-refractivity contribution < 1.29 is 23.9 Å². The third kappa shape index (κ3) is 2.89. The molecule has 0 radical (unpaired) electrons. The predicted molar refractivity (Wildman–Crippen MR) is 88.5 cm³/mol. The van der Waals surface area contributed by atoms with Crippen molar-refractivity contribution in [2.24, 2.45) is 0 Å². The molecule has 2 heterocycles. The molecular weight excluding hydrogens is 346 g/mol. The summed E-state index contributed by atoms with van der Waals surface area (Å²) in [6.45, 7) is 1.45. The summed E-state index contributed by atoms with van der Waals surface area (Å²) in [6, 6.07) is 5.37. The Bertz CT molecular complexity index is 856. The largest absolute Gasteiger partial charge is 0.465 e. The summed E-state index contributed by atoms with van der Waals surface area (Å²) in [5, 5.41) is 2.68. The van der Waals surface area contributed by atoms with Crippen LogP contribution < -0.4 is 5.32 Å². The second kappa shape index (κ2) is 6.44. The monoisotopic (exact) mass is 359 g/mol. The van der Waals surface area contributed by atoms with Crippen LogP contribution in [0.5, 0.6) is 0 Å². The fourth-order valence-corrected chi connectivity index (χ4v) is 3.15. The maximum Gasteiger partial charge on any atom is 0.349 e. The molecular formula is C16H13N3O5S. The minimum atomic E-state index is -1.03. The first-order chi connectivity index (χ1) is 11.9. The van der Waals surface area contributed by atoms with Gasteiger partial charge in [-0.15, -0.1) is 0 Å². The number of imide groups is 1. The fourth-order valence-electron chi connectivity index (χ4n) is 2.41. The molecule has 1 aromatic heterocycles. The van der Waals surface area contributed by atoms with Gasteiger partial charge in [-0.05, 0) is 19.1 Å². The summed E-state index contributed by atoms with van der Waals surface area (Å²) in [5.41, 5.74) is 0.545. The number of methoxy groups -OCH3 is 1. The molecule has 128 valence electrons. The van der Waals surface area contributed by atoms with E-state index in [0.29, 0.717) is 0 Å². The highest BCUT2D eigenvalue weighted by molar-refractivity contribution is 7.17. The summed E-state index contributed by atoms with van der Waals surface area (Å²) in [6.07, 6.45) is 1.28. The fraction of sp³-hybridized carbons (Fsp3) is 0.188. The van der Waals surface area contributed by atoms with Crippen molar-refractivity contribution in [3.05, 3.63) is 46.5 Å². The van der Waals surface area contributed by atoms with Gasteiger partial charge in [0.15, 0.2) is 5.13 Å². The molecule has 3 rings (SSSR count). The van der Waals surface area contributed by atoms with E-state index >= 15 is 0 Å². The van der Waals surface area contributed by atoms with Crippen LogP contribution in [0.25, 0.3) is 0 Å². The van der Waals surface area contributed by atoms with Crippen molar-refractivity contribution >= 4 is 40.2 Å². The molecule has 1 aliphatic rings. The van der Waals surface area contributed by atoms with E-state index in [-0.39, 0.29) is 21.1 Å². The lowest BCUT2D eigenvalue weighted by Gasteiger charge is -2.21. The number of thiazole rings is 1. The van der Waals surface area contributed by atoms with E-state index in [0.717, 1.165) is 16.2 Å². The van der Waals surface area contributed by atoms with E-state index in [1.165, 1.54) is 20.2 Å². The second-order valence-electron chi connectivity index (χ2n) is 5.21. The Morgan fingerprint density at radius 1 is 1.20 bits per heavy atom. The van der Waals surface area contributed by atoms with Gasteiger partial charge in [-0.3, -0.25) is 19.3 Å². The van der Waals surface area contributed by atoms with Crippen LogP contribution in [0.2, 0.25) is 0 Å². The number of carbonyl (C=O) groups excluding carboxylic acids is 4. The standard InChI is InChI=1S/C16H13N3O5S/c1-8(12(20)18-16-17-7-11(25-16)15(23)24-2)19-13(21)9-5-3-4-6-10(9)14(19)22/h3-8H,1-2H3,(H,17,18,20)/t8-/m0/s1. The third-order valence-corrected chi connectivity index (χ3v) is 4.61. The van der Waals surface area contributed by atoms with Crippen LogP contribution >= 0.6 is 11.3 Å². The molecule has 1 aromatic carbocycles. The number of nitrogens with one attached hydrogen (secondary N) is 1. The van der Waals surface area contributed by atoms with Crippen LogP contribution in [-0.2, 0) is 9.53 Å². The van der Waals surface area contributed by atoms with Gasteiger partial charge < -0.3 is 10.1 Å². The molecule has 0 saturated heterocycles. The number of carbonyl (C=O) groups is 4. The van der Waals surface area contributed by atoms with E-state index in [4.69, 9.17) is 0 Å². The van der Waals surface area contributed by atoms with Crippen molar-refractivity contribution in [3.63, 3.8) is 0 Å². The van der Waals surface area contributed by atoms with Crippen LogP contribution in [0.3, 0.4) is 0 Å². The summed E-state index contributed by atoms with van der Waals surface area (Å²) >= 11 is 0.937. The Morgan fingerprint density at radius 2 is 1.80 bits per heavy atom. The molecule has 0 bridgehead atoms. The Kier molecular flexibility index (Phi) is 4.32. The first-order valence-electron chi connectivity index (χ1n) is 7.26. The normalized spacial score (nSPS) is 14.2. The van der Waals surface area contributed by atoms with E-state index in [2.05, 4.69) is 15.0 Å². The number of rotatable bonds is 4. The molecule has 25 heavy (non-hydrogen) atoms. The molecule has 1 atom stereocenters. The summed E-state index contributed by atoms with van der Waals surface area (Å²) < 4.78 is 4.57. The Hall–Kier alpha value is -3.07. The van der Waals surface area contributed by atoms with Crippen LogP contribution in [0.15, 0.2) is 30.5 Å². The Labute approximate surface area is 146 Å². The predicted octanol–water partition coefficient (Wildman–Crippen LogP) is 1.55. The van der Waals surface area contributed by atoms with Gasteiger partial charge in [0, 0.05) is 0 Å². The number of anilines is 1. The number of fused-ring (bicyclic) bond motifs is 1. The molecule has 2 aromatic rings. The number of hydrogen-bond donors (Lipinski definition) is 1. The molecule has 9 heteroatoms. The molecule has 8 nitrogen and oxygen atoms in total. The SMILES string of the molecule is COC(=O)c1cnc(NC(=O)[C@H](C)N2C(=O)c3ccccc3C2=O)s1. The summed E-state index contributed by atoms with van der Waals surface area (Å²) in [5.74, 6) is -2.18. The molecule has 1 aliphatic heterocycles. The number of amides is 3. The maximum absolute atomic E-state index is 12.4. The summed E-state index contributed by atoms with van der Waals surface area (Å²) in [7, 11) is 1.24.